The van der Waals surface area contributed by atoms with E-state index in [-0.39, 0.29) is 12.3 Å². The van der Waals surface area contributed by atoms with E-state index in [0.29, 0.717) is 25.1 Å². The molecule has 0 bridgehead atoms. The first-order valence-electron chi connectivity index (χ1n) is 9.66. The SMILES string of the molecule is CC(N)C(=O)N1CCCC1C(=O)NC(Cc1cnc[nH]1)C(=O)NC(C(=O)O)C(C)O. The van der Waals surface area contributed by atoms with E-state index in [2.05, 4.69) is 20.6 Å². The molecule has 0 aliphatic carbocycles. The Bertz CT molecular complexity index is 765. The van der Waals surface area contributed by atoms with Gasteiger partial charge in [0.05, 0.1) is 18.5 Å². The number of amides is 3. The topological polar surface area (TPSA) is 191 Å². The van der Waals surface area contributed by atoms with Crippen LogP contribution in [0.2, 0.25) is 0 Å². The number of carbonyl (C=O) groups excluding carboxylic acids is 3. The maximum atomic E-state index is 12.9. The summed E-state index contributed by atoms with van der Waals surface area (Å²) in [5.41, 5.74) is 6.19. The summed E-state index contributed by atoms with van der Waals surface area (Å²) < 4.78 is 0. The van der Waals surface area contributed by atoms with Gasteiger partial charge in [-0.1, -0.05) is 0 Å². The molecule has 5 unspecified atom stereocenters. The molecule has 12 heteroatoms. The van der Waals surface area contributed by atoms with Crippen molar-refractivity contribution in [3.63, 3.8) is 0 Å². The minimum Gasteiger partial charge on any atom is -0.480 e. The Morgan fingerprint density at radius 3 is 2.57 bits per heavy atom. The largest absolute Gasteiger partial charge is 0.480 e. The molecule has 2 heterocycles. The van der Waals surface area contributed by atoms with Crippen molar-refractivity contribution in [2.24, 2.45) is 5.73 Å². The number of hydrogen-bond donors (Lipinski definition) is 6. The fourth-order valence-corrected chi connectivity index (χ4v) is 3.30. The summed E-state index contributed by atoms with van der Waals surface area (Å²) >= 11 is 0. The first-order chi connectivity index (χ1) is 14.1. The van der Waals surface area contributed by atoms with Gasteiger partial charge in [0.1, 0.15) is 12.1 Å². The molecule has 2 rings (SSSR count). The second-order valence-corrected chi connectivity index (χ2v) is 7.39. The highest BCUT2D eigenvalue weighted by molar-refractivity contribution is 5.94. The van der Waals surface area contributed by atoms with E-state index < -0.39 is 48.1 Å². The number of nitrogens with zero attached hydrogens (tertiary/aromatic N) is 2. The molecular weight excluding hydrogens is 396 g/mol. The minimum absolute atomic E-state index is 0.0116. The zero-order chi connectivity index (χ0) is 22.4. The van der Waals surface area contributed by atoms with Crippen LogP contribution in [0.5, 0.6) is 0 Å². The standard InChI is InChI=1S/C18H28N6O6/c1-9(19)17(28)24-5-3-4-13(24)16(27)22-12(6-11-7-20-8-21-11)15(26)23-14(10(2)25)18(29)30/h7-10,12-14,25H,3-6,19H2,1-2H3,(H,20,21)(H,22,27)(H,23,26)(H,29,30). The lowest BCUT2D eigenvalue weighted by Crippen LogP contribution is -2.58. The number of hydrogen-bond acceptors (Lipinski definition) is 7. The van der Waals surface area contributed by atoms with Gasteiger partial charge in [0.15, 0.2) is 6.04 Å². The number of nitrogens with one attached hydrogen (secondary N) is 3. The highest BCUT2D eigenvalue weighted by Crippen LogP contribution is 2.18. The molecule has 0 radical (unpaired) electrons. The van der Waals surface area contributed by atoms with Crippen molar-refractivity contribution in [3.8, 4) is 0 Å². The Hall–Kier alpha value is -2.99. The third kappa shape index (κ3) is 5.76. The molecule has 3 amide bonds. The summed E-state index contributed by atoms with van der Waals surface area (Å²) in [7, 11) is 0. The third-order valence-corrected chi connectivity index (χ3v) is 4.89. The van der Waals surface area contributed by atoms with E-state index in [9.17, 15) is 29.4 Å². The second-order valence-electron chi connectivity index (χ2n) is 7.39. The van der Waals surface area contributed by atoms with E-state index in [1.807, 2.05) is 0 Å². The second kappa shape index (κ2) is 10.2. The van der Waals surface area contributed by atoms with Crippen LogP contribution >= 0.6 is 0 Å². The van der Waals surface area contributed by atoms with Crippen LogP contribution in [0.15, 0.2) is 12.5 Å². The van der Waals surface area contributed by atoms with Crippen molar-refractivity contribution in [3.05, 3.63) is 18.2 Å². The molecular formula is C18H28N6O6. The van der Waals surface area contributed by atoms with Crippen molar-refractivity contribution in [2.45, 2.75) is 63.4 Å². The van der Waals surface area contributed by atoms with Gasteiger partial charge in [-0.3, -0.25) is 14.4 Å². The van der Waals surface area contributed by atoms with Crippen LogP contribution in [0, 0.1) is 0 Å². The van der Waals surface area contributed by atoms with Gasteiger partial charge < -0.3 is 36.5 Å². The number of H-pyrrole nitrogens is 1. The zero-order valence-electron chi connectivity index (χ0n) is 16.9. The fraction of sp³-hybridized carbons (Fsp3) is 0.611. The summed E-state index contributed by atoms with van der Waals surface area (Å²) in [6.07, 6.45) is 2.59. The molecule has 7 N–H and O–H groups in total. The van der Waals surface area contributed by atoms with Gasteiger partial charge in [-0.05, 0) is 26.7 Å². The van der Waals surface area contributed by atoms with Gasteiger partial charge in [-0.2, -0.15) is 0 Å². The third-order valence-electron chi connectivity index (χ3n) is 4.89. The van der Waals surface area contributed by atoms with Gasteiger partial charge in [-0.25, -0.2) is 9.78 Å². The van der Waals surface area contributed by atoms with Crippen LogP contribution in [0.3, 0.4) is 0 Å². The molecule has 0 aromatic carbocycles. The Morgan fingerprint density at radius 2 is 2.03 bits per heavy atom. The molecule has 12 nitrogen and oxygen atoms in total. The number of aliphatic hydroxyl groups is 1. The van der Waals surface area contributed by atoms with Crippen molar-refractivity contribution in [2.75, 3.05) is 6.54 Å². The molecule has 0 spiro atoms. The van der Waals surface area contributed by atoms with Crippen LogP contribution in [0.25, 0.3) is 0 Å². The Labute approximate surface area is 173 Å². The lowest BCUT2D eigenvalue weighted by atomic mass is 10.1. The van der Waals surface area contributed by atoms with Gasteiger partial charge in [0, 0.05) is 24.9 Å². The predicted molar refractivity (Wildman–Crippen MR) is 104 cm³/mol. The molecule has 1 aromatic heterocycles. The van der Waals surface area contributed by atoms with E-state index in [0.717, 1.165) is 0 Å². The number of carbonyl (C=O) groups is 4. The van der Waals surface area contributed by atoms with Crippen molar-refractivity contribution in [1.29, 1.82) is 0 Å². The highest BCUT2D eigenvalue weighted by atomic mass is 16.4. The van der Waals surface area contributed by atoms with Crippen LogP contribution < -0.4 is 16.4 Å². The average Bonchev–Trinajstić information content (AvgIpc) is 3.35. The number of aliphatic hydroxyl groups excluding tert-OH is 1. The molecule has 1 aromatic rings. The Morgan fingerprint density at radius 1 is 1.33 bits per heavy atom. The quantitative estimate of drug-likeness (QED) is 0.255. The predicted octanol–water partition coefficient (Wildman–Crippen LogP) is -2.27. The summed E-state index contributed by atoms with van der Waals surface area (Å²) in [4.78, 5) is 57.2. The normalized spacial score (nSPS) is 20.1. The number of likely N-dealkylation sites (tertiary alicyclic amines) is 1. The number of aromatic nitrogens is 2. The average molecular weight is 424 g/mol. The minimum atomic E-state index is -1.54. The van der Waals surface area contributed by atoms with E-state index in [1.165, 1.54) is 31.3 Å². The molecule has 1 fully saturated rings. The Balaban J connectivity index is 2.16. The zero-order valence-corrected chi connectivity index (χ0v) is 16.9. The number of nitrogens with two attached hydrogens (primary N) is 1. The van der Waals surface area contributed by atoms with Crippen molar-refractivity contribution >= 4 is 23.7 Å². The van der Waals surface area contributed by atoms with Gasteiger partial charge >= 0.3 is 5.97 Å². The fourth-order valence-electron chi connectivity index (χ4n) is 3.30. The molecule has 30 heavy (non-hydrogen) atoms. The lowest BCUT2D eigenvalue weighted by Gasteiger charge is -2.28. The number of aromatic amines is 1. The van der Waals surface area contributed by atoms with E-state index in [1.54, 1.807) is 0 Å². The van der Waals surface area contributed by atoms with Crippen LogP contribution in [0.1, 0.15) is 32.4 Å². The van der Waals surface area contributed by atoms with Crippen molar-refractivity contribution < 1.29 is 29.4 Å². The maximum absolute atomic E-state index is 12.9. The first kappa shape index (κ1) is 23.3. The molecule has 1 aliphatic rings. The summed E-state index contributed by atoms with van der Waals surface area (Å²) in [5.74, 6) is -3.09. The smallest absolute Gasteiger partial charge is 0.328 e. The van der Waals surface area contributed by atoms with Gasteiger partial charge in [0.25, 0.3) is 0 Å². The highest BCUT2D eigenvalue weighted by Gasteiger charge is 2.37. The van der Waals surface area contributed by atoms with E-state index >= 15 is 0 Å². The summed E-state index contributed by atoms with van der Waals surface area (Å²) in [5, 5.41) is 23.7. The summed E-state index contributed by atoms with van der Waals surface area (Å²) in [6.45, 7) is 3.16. The maximum Gasteiger partial charge on any atom is 0.328 e. The van der Waals surface area contributed by atoms with Crippen molar-refractivity contribution in [1.82, 2.24) is 25.5 Å². The van der Waals surface area contributed by atoms with E-state index in [4.69, 9.17) is 5.73 Å². The van der Waals surface area contributed by atoms with Gasteiger partial charge in [-0.15, -0.1) is 0 Å². The molecule has 1 aliphatic heterocycles. The van der Waals surface area contributed by atoms with Crippen LogP contribution in [-0.4, -0.2) is 85.6 Å². The number of rotatable bonds is 9. The van der Waals surface area contributed by atoms with Crippen LogP contribution in [0.4, 0.5) is 0 Å². The van der Waals surface area contributed by atoms with Crippen LogP contribution in [-0.2, 0) is 25.6 Å². The monoisotopic (exact) mass is 424 g/mol. The molecule has 5 atom stereocenters. The molecule has 1 saturated heterocycles. The Kier molecular flexibility index (Phi) is 7.89. The van der Waals surface area contributed by atoms with Gasteiger partial charge in [0.2, 0.25) is 17.7 Å². The number of carboxylic acid groups (broad SMARTS) is 1. The lowest BCUT2D eigenvalue weighted by molar-refractivity contribution is -0.145. The number of imidazole rings is 1. The molecule has 166 valence electrons. The first-order valence-corrected chi connectivity index (χ1v) is 9.66. The molecule has 0 saturated carbocycles. The number of carboxylic acids is 1. The number of aliphatic carboxylic acids is 1. The summed E-state index contributed by atoms with van der Waals surface area (Å²) in [6, 6.07) is -4.22.